The zero-order chi connectivity index (χ0) is 14.3. The molecule has 1 atom stereocenters. The molecule has 3 heterocycles. The molecule has 0 bridgehead atoms. The summed E-state index contributed by atoms with van der Waals surface area (Å²) in [7, 11) is 0. The largest absolute Gasteiger partial charge is 0.379 e. The lowest BCUT2D eigenvalue weighted by Crippen LogP contribution is -2.30. The van der Waals surface area contributed by atoms with Gasteiger partial charge < -0.3 is 15.4 Å². The lowest BCUT2D eigenvalue weighted by Gasteiger charge is -2.23. The lowest BCUT2D eigenvalue weighted by molar-refractivity contribution is 0.0875. The fourth-order valence-electron chi connectivity index (χ4n) is 2.27. The summed E-state index contributed by atoms with van der Waals surface area (Å²) in [6.07, 6.45) is 6.54. The van der Waals surface area contributed by atoms with E-state index in [0.717, 1.165) is 55.7 Å². The van der Waals surface area contributed by atoms with E-state index in [1.54, 1.807) is 17.7 Å². The summed E-state index contributed by atoms with van der Waals surface area (Å²) in [5.41, 5.74) is 0. The maximum absolute atomic E-state index is 5.46. The number of hydrogen-bond acceptors (Lipinski definition) is 7. The summed E-state index contributed by atoms with van der Waals surface area (Å²) < 4.78 is 5.46. The molecule has 1 fully saturated rings. The summed E-state index contributed by atoms with van der Waals surface area (Å²) >= 11 is 1.67. The molecule has 0 aromatic carbocycles. The molecule has 2 aromatic rings. The van der Waals surface area contributed by atoms with Gasteiger partial charge in [-0.3, -0.25) is 0 Å². The first-order chi connectivity index (χ1) is 10.4. The number of ether oxygens (including phenoxy) is 1. The Kier molecular flexibility index (Phi) is 4.96. The van der Waals surface area contributed by atoms with E-state index in [1.165, 1.54) is 0 Å². The van der Waals surface area contributed by atoms with Crippen LogP contribution in [0.1, 0.15) is 17.8 Å². The van der Waals surface area contributed by atoms with Crippen molar-refractivity contribution in [1.29, 1.82) is 0 Å². The summed E-state index contributed by atoms with van der Waals surface area (Å²) in [5.74, 6) is 1.68. The lowest BCUT2D eigenvalue weighted by atomic mass is 10.1. The fraction of sp³-hybridized carbons (Fsp3) is 0.500. The highest BCUT2D eigenvalue weighted by molar-refractivity contribution is 7.09. The first-order valence-electron chi connectivity index (χ1n) is 7.19. The van der Waals surface area contributed by atoms with E-state index in [2.05, 4.69) is 25.6 Å². The Morgan fingerprint density at radius 1 is 1.29 bits per heavy atom. The Balaban J connectivity index is 1.50. The van der Waals surface area contributed by atoms with Crippen LogP contribution >= 0.6 is 11.3 Å². The number of hydrogen-bond donors (Lipinski definition) is 2. The van der Waals surface area contributed by atoms with Crippen LogP contribution in [0.3, 0.4) is 0 Å². The second kappa shape index (κ2) is 7.33. The van der Waals surface area contributed by atoms with E-state index in [1.807, 2.05) is 17.6 Å². The molecule has 0 unspecified atom stereocenters. The van der Waals surface area contributed by atoms with Gasteiger partial charge in [0.2, 0.25) is 0 Å². The van der Waals surface area contributed by atoms with Crippen LogP contribution in [0.2, 0.25) is 0 Å². The molecule has 0 amide bonds. The van der Waals surface area contributed by atoms with E-state index < -0.39 is 0 Å². The van der Waals surface area contributed by atoms with Gasteiger partial charge in [-0.25, -0.2) is 15.0 Å². The molecule has 21 heavy (non-hydrogen) atoms. The van der Waals surface area contributed by atoms with Gasteiger partial charge in [0, 0.05) is 37.2 Å². The standard InChI is InChI=1S/C14H19N5OS/c1-2-11(9-20-6-1)19-13-8-12(17-10-18-13)15-4-3-14-16-5-7-21-14/h5,7-8,10-11H,1-4,6,9H2,(H2,15,17,18,19)/t11-/m0/s1. The van der Waals surface area contributed by atoms with Gasteiger partial charge in [0.25, 0.3) is 0 Å². The summed E-state index contributed by atoms with van der Waals surface area (Å²) in [6.45, 7) is 2.43. The molecule has 0 radical (unpaired) electrons. The quantitative estimate of drug-likeness (QED) is 0.852. The molecule has 2 aromatic heterocycles. The Hall–Kier alpha value is -1.73. The van der Waals surface area contributed by atoms with Gasteiger partial charge in [-0.05, 0) is 12.8 Å². The molecule has 1 saturated heterocycles. The van der Waals surface area contributed by atoms with Crippen molar-refractivity contribution >= 4 is 23.0 Å². The number of aromatic nitrogens is 3. The number of nitrogens with one attached hydrogen (secondary N) is 2. The van der Waals surface area contributed by atoms with Crippen LogP contribution in [0.5, 0.6) is 0 Å². The minimum Gasteiger partial charge on any atom is -0.379 e. The smallest absolute Gasteiger partial charge is 0.131 e. The minimum absolute atomic E-state index is 0.344. The molecular weight excluding hydrogens is 286 g/mol. The third-order valence-electron chi connectivity index (χ3n) is 3.31. The highest BCUT2D eigenvalue weighted by atomic mass is 32.1. The maximum atomic E-state index is 5.46. The average molecular weight is 305 g/mol. The van der Waals surface area contributed by atoms with Gasteiger partial charge in [0.1, 0.15) is 18.0 Å². The van der Waals surface area contributed by atoms with E-state index in [0.29, 0.717) is 6.04 Å². The highest BCUT2D eigenvalue weighted by Gasteiger charge is 2.14. The molecule has 0 saturated carbocycles. The topological polar surface area (TPSA) is 72.0 Å². The van der Waals surface area contributed by atoms with Crippen LogP contribution in [0, 0.1) is 0 Å². The van der Waals surface area contributed by atoms with Gasteiger partial charge in [-0.1, -0.05) is 0 Å². The zero-order valence-electron chi connectivity index (χ0n) is 11.8. The monoisotopic (exact) mass is 305 g/mol. The van der Waals surface area contributed by atoms with E-state index in [9.17, 15) is 0 Å². The minimum atomic E-state index is 0.344. The summed E-state index contributed by atoms with van der Waals surface area (Å²) in [4.78, 5) is 12.8. The Morgan fingerprint density at radius 3 is 3.05 bits per heavy atom. The summed E-state index contributed by atoms with van der Waals surface area (Å²) in [5, 5.41) is 9.83. The van der Waals surface area contributed by atoms with Gasteiger partial charge in [-0.2, -0.15) is 0 Å². The number of rotatable bonds is 6. The second-order valence-corrected chi connectivity index (χ2v) is 5.93. The van der Waals surface area contributed by atoms with Crippen molar-refractivity contribution in [3.63, 3.8) is 0 Å². The average Bonchev–Trinajstić information content (AvgIpc) is 3.02. The highest BCUT2D eigenvalue weighted by Crippen LogP contribution is 2.14. The van der Waals surface area contributed by atoms with Crippen LogP contribution < -0.4 is 10.6 Å². The van der Waals surface area contributed by atoms with Crippen molar-refractivity contribution in [2.24, 2.45) is 0 Å². The van der Waals surface area contributed by atoms with Crippen LogP contribution in [0.25, 0.3) is 0 Å². The van der Waals surface area contributed by atoms with Crippen LogP contribution in [0.15, 0.2) is 24.0 Å². The van der Waals surface area contributed by atoms with Gasteiger partial charge in [0.05, 0.1) is 17.7 Å². The number of nitrogens with zero attached hydrogens (tertiary/aromatic N) is 3. The Bertz CT molecular complexity index is 542. The number of anilines is 2. The van der Waals surface area contributed by atoms with Crippen molar-refractivity contribution in [2.75, 3.05) is 30.4 Å². The molecule has 1 aliphatic heterocycles. The normalized spacial score (nSPS) is 18.4. The molecule has 112 valence electrons. The zero-order valence-corrected chi connectivity index (χ0v) is 12.6. The maximum Gasteiger partial charge on any atom is 0.131 e. The van der Waals surface area contributed by atoms with Crippen molar-refractivity contribution in [3.8, 4) is 0 Å². The van der Waals surface area contributed by atoms with Crippen molar-refractivity contribution in [2.45, 2.75) is 25.3 Å². The van der Waals surface area contributed by atoms with Crippen LogP contribution in [-0.2, 0) is 11.2 Å². The molecule has 7 heteroatoms. The van der Waals surface area contributed by atoms with Gasteiger partial charge in [-0.15, -0.1) is 11.3 Å². The van der Waals surface area contributed by atoms with Crippen molar-refractivity contribution < 1.29 is 4.74 Å². The van der Waals surface area contributed by atoms with Gasteiger partial charge in [0.15, 0.2) is 0 Å². The van der Waals surface area contributed by atoms with E-state index in [4.69, 9.17) is 4.74 Å². The Morgan fingerprint density at radius 2 is 2.24 bits per heavy atom. The Labute approximate surface area is 128 Å². The predicted octanol–water partition coefficient (Wildman–Crippen LogP) is 2.18. The van der Waals surface area contributed by atoms with Crippen LogP contribution in [-0.4, -0.2) is 40.8 Å². The van der Waals surface area contributed by atoms with Crippen molar-refractivity contribution in [1.82, 2.24) is 15.0 Å². The molecule has 0 spiro atoms. The molecular formula is C14H19N5OS. The van der Waals surface area contributed by atoms with Gasteiger partial charge >= 0.3 is 0 Å². The molecule has 6 nitrogen and oxygen atoms in total. The van der Waals surface area contributed by atoms with Crippen molar-refractivity contribution in [3.05, 3.63) is 29.0 Å². The molecule has 0 aliphatic carbocycles. The summed E-state index contributed by atoms with van der Waals surface area (Å²) in [6, 6.07) is 2.29. The van der Waals surface area contributed by atoms with Crippen LogP contribution in [0.4, 0.5) is 11.6 Å². The van der Waals surface area contributed by atoms with E-state index >= 15 is 0 Å². The molecule has 3 rings (SSSR count). The predicted molar refractivity (Wildman–Crippen MR) is 83.8 cm³/mol. The molecule has 1 aliphatic rings. The third kappa shape index (κ3) is 4.37. The SMILES string of the molecule is c1nc(NCCc2nccs2)cc(N[C@H]2CCCOC2)n1. The second-order valence-electron chi connectivity index (χ2n) is 4.95. The third-order valence-corrected chi connectivity index (χ3v) is 4.15. The molecule has 2 N–H and O–H groups in total. The van der Waals surface area contributed by atoms with E-state index in [-0.39, 0.29) is 0 Å². The first-order valence-corrected chi connectivity index (χ1v) is 8.07. The number of thiazole rings is 1. The fourth-order valence-corrected chi connectivity index (χ4v) is 2.89. The first kappa shape index (κ1) is 14.2.